The molecular weight excluding hydrogens is 242 g/mol. The molecule has 2 rings (SSSR count). The van der Waals surface area contributed by atoms with Crippen molar-refractivity contribution in [1.82, 2.24) is 9.55 Å². The summed E-state index contributed by atoms with van der Waals surface area (Å²) in [6, 6.07) is 0. The van der Waals surface area contributed by atoms with Gasteiger partial charge in [-0.2, -0.15) is 0 Å². The molecular formula is C10H16BrN3. The summed E-state index contributed by atoms with van der Waals surface area (Å²) in [5, 5.41) is 0. The predicted octanol–water partition coefficient (Wildman–Crippen LogP) is 2.56. The van der Waals surface area contributed by atoms with Gasteiger partial charge in [-0.1, -0.05) is 13.8 Å². The molecule has 3 nitrogen and oxygen atoms in total. The summed E-state index contributed by atoms with van der Waals surface area (Å²) in [7, 11) is 0. The molecule has 78 valence electrons. The van der Waals surface area contributed by atoms with E-state index in [2.05, 4.69) is 39.3 Å². The molecule has 1 aliphatic heterocycles. The van der Waals surface area contributed by atoms with Crippen molar-refractivity contribution < 1.29 is 0 Å². The summed E-state index contributed by atoms with van der Waals surface area (Å²) in [6.07, 6.45) is 3.45. The Morgan fingerprint density at radius 1 is 1.57 bits per heavy atom. The van der Waals surface area contributed by atoms with Gasteiger partial charge in [0, 0.05) is 5.92 Å². The standard InChI is InChI=1S/C10H16BrN3/c1-6(2)10-13-9(11)7-4-3-5-8(12)14(7)10/h6,8H,3-5,12H2,1-2H3. The molecule has 1 aromatic rings. The SMILES string of the molecule is CC(C)c1nc(Br)c2n1C(N)CCC2. The van der Waals surface area contributed by atoms with Gasteiger partial charge >= 0.3 is 0 Å². The zero-order chi connectivity index (χ0) is 10.3. The lowest BCUT2D eigenvalue weighted by Gasteiger charge is -2.24. The lowest BCUT2D eigenvalue weighted by molar-refractivity contribution is 0.395. The van der Waals surface area contributed by atoms with E-state index in [0.29, 0.717) is 5.92 Å². The highest BCUT2D eigenvalue weighted by Gasteiger charge is 2.24. The van der Waals surface area contributed by atoms with Gasteiger partial charge in [-0.3, -0.25) is 0 Å². The lowest BCUT2D eigenvalue weighted by atomic mass is 10.1. The van der Waals surface area contributed by atoms with Crippen LogP contribution in [0, 0.1) is 0 Å². The first-order valence-corrected chi connectivity index (χ1v) is 5.92. The van der Waals surface area contributed by atoms with E-state index in [1.165, 1.54) is 12.1 Å². The highest BCUT2D eigenvalue weighted by atomic mass is 79.9. The van der Waals surface area contributed by atoms with Crippen LogP contribution in [-0.2, 0) is 6.42 Å². The van der Waals surface area contributed by atoms with Crippen molar-refractivity contribution in [3.63, 3.8) is 0 Å². The topological polar surface area (TPSA) is 43.8 Å². The normalized spacial score (nSPS) is 21.4. The van der Waals surface area contributed by atoms with Gasteiger partial charge in [0.1, 0.15) is 10.4 Å². The fourth-order valence-electron chi connectivity index (χ4n) is 2.07. The number of halogens is 1. The molecule has 14 heavy (non-hydrogen) atoms. The first-order chi connectivity index (χ1) is 6.61. The van der Waals surface area contributed by atoms with Gasteiger partial charge in [0.15, 0.2) is 0 Å². The van der Waals surface area contributed by atoms with Crippen molar-refractivity contribution in [1.29, 1.82) is 0 Å². The average molecular weight is 258 g/mol. The first kappa shape index (κ1) is 10.2. The van der Waals surface area contributed by atoms with Crippen LogP contribution in [0.1, 0.15) is 50.3 Å². The number of rotatable bonds is 1. The monoisotopic (exact) mass is 257 g/mol. The Kier molecular flexibility index (Phi) is 2.66. The number of nitrogens with zero attached hydrogens (tertiary/aromatic N) is 2. The van der Waals surface area contributed by atoms with Crippen LogP contribution in [0.3, 0.4) is 0 Å². The van der Waals surface area contributed by atoms with E-state index in [0.717, 1.165) is 23.3 Å². The Balaban J connectivity index is 2.53. The van der Waals surface area contributed by atoms with Crippen LogP contribution in [0.25, 0.3) is 0 Å². The number of imidazole rings is 1. The third kappa shape index (κ3) is 1.50. The van der Waals surface area contributed by atoms with Crippen LogP contribution in [0.15, 0.2) is 4.60 Å². The van der Waals surface area contributed by atoms with E-state index in [9.17, 15) is 0 Å². The largest absolute Gasteiger partial charge is 0.315 e. The summed E-state index contributed by atoms with van der Waals surface area (Å²) >= 11 is 3.51. The van der Waals surface area contributed by atoms with Crippen LogP contribution in [0.2, 0.25) is 0 Å². The second-order valence-corrected chi connectivity index (χ2v) is 4.94. The van der Waals surface area contributed by atoms with Crippen LogP contribution in [0.5, 0.6) is 0 Å². The van der Waals surface area contributed by atoms with Gasteiger partial charge in [-0.25, -0.2) is 4.98 Å². The quantitative estimate of drug-likeness (QED) is 0.841. The van der Waals surface area contributed by atoms with Gasteiger partial charge in [0.25, 0.3) is 0 Å². The molecule has 0 amide bonds. The minimum atomic E-state index is 0.120. The van der Waals surface area contributed by atoms with E-state index >= 15 is 0 Å². The predicted molar refractivity (Wildman–Crippen MR) is 60.2 cm³/mol. The molecule has 2 heterocycles. The molecule has 1 unspecified atom stereocenters. The van der Waals surface area contributed by atoms with E-state index < -0.39 is 0 Å². The minimum absolute atomic E-state index is 0.120. The Morgan fingerprint density at radius 2 is 2.29 bits per heavy atom. The Bertz CT molecular complexity index is 343. The van der Waals surface area contributed by atoms with E-state index in [1.54, 1.807) is 0 Å². The maximum atomic E-state index is 6.10. The van der Waals surface area contributed by atoms with Crippen LogP contribution in [0.4, 0.5) is 0 Å². The molecule has 0 fully saturated rings. The van der Waals surface area contributed by atoms with Crippen molar-refractivity contribution in [2.24, 2.45) is 5.73 Å². The highest BCUT2D eigenvalue weighted by Crippen LogP contribution is 2.31. The molecule has 0 bridgehead atoms. The maximum Gasteiger partial charge on any atom is 0.127 e. The number of hydrogen-bond acceptors (Lipinski definition) is 2. The van der Waals surface area contributed by atoms with Gasteiger partial charge in [0.05, 0.1) is 11.9 Å². The van der Waals surface area contributed by atoms with Gasteiger partial charge in [-0.05, 0) is 35.2 Å². The Morgan fingerprint density at radius 3 is 2.93 bits per heavy atom. The maximum absolute atomic E-state index is 6.10. The second kappa shape index (κ2) is 3.66. The molecule has 0 radical (unpaired) electrons. The molecule has 0 spiro atoms. The molecule has 0 saturated carbocycles. The van der Waals surface area contributed by atoms with E-state index in [1.807, 2.05) is 0 Å². The fourth-order valence-corrected chi connectivity index (χ4v) is 2.64. The van der Waals surface area contributed by atoms with Crippen molar-refractivity contribution in [2.75, 3.05) is 0 Å². The summed E-state index contributed by atoms with van der Waals surface area (Å²) in [6.45, 7) is 4.31. The summed E-state index contributed by atoms with van der Waals surface area (Å²) < 4.78 is 3.19. The molecule has 4 heteroatoms. The van der Waals surface area contributed by atoms with E-state index in [4.69, 9.17) is 5.73 Å². The smallest absolute Gasteiger partial charge is 0.127 e. The summed E-state index contributed by atoms with van der Waals surface area (Å²) in [5.41, 5.74) is 7.37. The van der Waals surface area contributed by atoms with Crippen LogP contribution >= 0.6 is 15.9 Å². The third-order valence-electron chi connectivity index (χ3n) is 2.75. The Hall–Kier alpha value is -0.350. The molecule has 0 saturated heterocycles. The number of hydrogen-bond donors (Lipinski definition) is 1. The zero-order valence-electron chi connectivity index (χ0n) is 8.63. The molecule has 1 aromatic heterocycles. The van der Waals surface area contributed by atoms with Crippen molar-refractivity contribution >= 4 is 15.9 Å². The average Bonchev–Trinajstić information content (AvgIpc) is 2.46. The molecule has 0 aliphatic carbocycles. The molecule has 2 N–H and O–H groups in total. The summed E-state index contributed by atoms with van der Waals surface area (Å²) in [4.78, 5) is 4.54. The van der Waals surface area contributed by atoms with Gasteiger partial charge in [0.2, 0.25) is 0 Å². The molecule has 0 aromatic carbocycles. The van der Waals surface area contributed by atoms with Crippen LogP contribution < -0.4 is 5.73 Å². The molecule has 1 atom stereocenters. The van der Waals surface area contributed by atoms with Gasteiger partial charge < -0.3 is 10.3 Å². The lowest BCUT2D eigenvalue weighted by Crippen LogP contribution is -2.26. The number of nitrogens with two attached hydrogens (primary N) is 1. The van der Waals surface area contributed by atoms with Gasteiger partial charge in [-0.15, -0.1) is 0 Å². The van der Waals surface area contributed by atoms with E-state index in [-0.39, 0.29) is 6.17 Å². The van der Waals surface area contributed by atoms with Crippen LogP contribution in [-0.4, -0.2) is 9.55 Å². The number of aromatic nitrogens is 2. The van der Waals surface area contributed by atoms with Crippen molar-refractivity contribution in [2.45, 2.75) is 45.2 Å². The van der Waals surface area contributed by atoms with Crippen molar-refractivity contribution in [3.8, 4) is 0 Å². The summed E-state index contributed by atoms with van der Waals surface area (Å²) in [5.74, 6) is 1.54. The molecule has 1 aliphatic rings. The minimum Gasteiger partial charge on any atom is -0.315 e. The first-order valence-electron chi connectivity index (χ1n) is 5.13. The van der Waals surface area contributed by atoms with Crippen molar-refractivity contribution in [3.05, 3.63) is 16.1 Å². The second-order valence-electron chi connectivity index (χ2n) is 4.19. The Labute approximate surface area is 92.8 Å². The third-order valence-corrected chi connectivity index (χ3v) is 3.38. The zero-order valence-corrected chi connectivity index (χ0v) is 10.2. The fraction of sp³-hybridized carbons (Fsp3) is 0.700. The number of fused-ring (bicyclic) bond motifs is 1. The highest BCUT2D eigenvalue weighted by molar-refractivity contribution is 9.10.